The summed E-state index contributed by atoms with van der Waals surface area (Å²) < 4.78 is 7.04. The summed E-state index contributed by atoms with van der Waals surface area (Å²) in [5.74, 6) is 0. The Morgan fingerprint density at radius 3 is 2.90 bits per heavy atom. The molecule has 0 fully saturated rings. The van der Waals surface area contributed by atoms with Gasteiger partial charge in [-0.15, -0.1) is 0 Å². The van der Waals surface area contributed by atoms with Crippen LogP contribution in [0.3, 0.4) is 0 Å². The normalized spacial score (nSPS) is 18.3. The van der Waals surface area contributed by atoms with Crippen LogP contribution in [0.2, 0.25) is 0 Å². The molecule has 2 heterocycles. The monoisotopic (exact) mass is 408 g/mol. The molecule has 0 saturated heterocycles. The van der Waals surface area contributed by atoms with Crippen molar-refractivity contribution in [2.75, 3.05) is 16.3 Å². The minimum atomic E-state index is 0.600. The number of para-hydroxylation sites is 1. The number of hydrogen-bond acceptors (Lipinski definition) is 4. The van der Waals surface area contributed by atoms with Crippen LogP contribution in [0.1, 0.15) is 0 Å². The van der Waals surface area contributed by atoms with Crippen LogP contribution in [0.4, 0.5) is 5.69 Å². The van der Waals surface area contributed by atoms with E-state index in [1.165, 1.54) is 0 Å². The van der Waals surface area contributed by atoms with E-state index in [4.69, 9.17) is 4.42 Å². The molecule has 1 N–H and O–H groups in total. The minimum absolute atomic E-state index is 0.600. The lowest BCUT2D eigenvalue weighted by Crippen LogP contribution is -2.08. The van der Waals surface area contributed by atoms with Gasteiger partial charge in [0, 0.05) is 32.2 Å². The van der Waals surface area contributed by atoms with Crippen LogP contribution < -0.4 is 5.32 Å². The van der Waals surface area contributed by atoms with Crippen molar-refractivity contribution >= 4 is 67.1 Å². The Balaban J connectivity index is 1.66. The smallest absolute Gasteiger partial charge is 0.161 e. The molecule has 3 nitrogen and oxygen atoms in total. The van der Waals surface area contributed by atoms with E-state index in [-0.39, 0.29) is 0 Å². The second-order valence-electron chi connectivity index (χ2n) is 4.97. The molecule has 0 spiro atoms. The first-order valence-corrected chi connectivity index (χ1v) is 9.19. The molecule has 21 heavy (non-hydrogen) atoms. The van der Waals surface area contributed by atoms with Gasteiger partial charge in [-0.2, -0.15) is 0 Å². The average Bonchev–Trinajstić information content (AvgIpc) is 3.10. The highest BCUT2D eigenvalue weighted by molar-refractivity contribution is 14.1. The predicted molar refractivity (Wildman–Crippen MR) is 99.9 cm³/mol. The summed E-state index contributed by atoms with van der Waals surface area (Å²) in [6.07, 6.45) is 0. The van der Waals surface area contributed by atoms with Gasteiger partial charge in [-0.1, -0.05) is 52.6 Å². The van der Waals surface area contributed by atoms with Crippen LogP contribution >= 0.6 is 34.4 Å². The van der Waals surface area contributed by atoms with E-state index in [0.29, 0.717) is 5.25 Å². The standard InChI is InChI=1S/C16H13IN2OS/c17-8-11-9-18-16(21-11)19-10-5-6-13-12-3-1-2-4-14(12)20-15(13)7-10/h1-7,11H,8-9H2,(H,18,19)/t11-/m1/s1. The first kappa shape index (κ1) is 13.5. The molecule has 0 radical (unpaired) electrons. The van der Waals surface area contributed by atoms with Crippen molar-refractivity contribution in [1.82, 2.24) is 0 Å². The minimum Gasteiger partial charge on any atom is -0.456 e. The third-order valence-electron chi connectivity index (χ3n) is 3.52. The number of anilines is 1. The number of nitrogens with zero attached hydrogens (tertiary/aromatic N) is 1. The number of aliphatic imine (C=N–C) groups is 1. The highest BCUT2D eigenvalue weighted by Gasteiger charge is 2.18. The van der Waals surface area contributed by atoms with Crippen LogP contribution in [0.15, 0.2) is 51.9 Å². The van der Waals surface area contributed by atoms with Crippen LogP contribution in [0.5, 0.6) is 0 Å². The number of benzene rings is 2. The predicted octanol–water partition coefficient (Wildman–Crippen LogP) is 4.90. The van der Waals surface area contributed by atoms with Gasteiger partial charge >= 0.3 is 0 Å². The first-order chi connectivity index (χ1) is 10.3. The van der Waals surface area contributed by atoms with E-state index in [2.05, 4.69) is 57.2 Å². The number of nitrogens with one attached hydrogen (secondary N) is 1. The van der Waals surface area contributed by atoms with Gasteiger partial charge in [-0.3, -0.25) is 4.99 Å². The molecule has 2 aromatic carbocycles. The summed E-state index contributed by atoms with van der Waals surface area (Å²) >= 11 is 4.23. The second kappa shape index (κ2) is 5.53. The van der Waals surface area contributed by atoms with Gasteiger partial charge in [0.15, 0.2) is 5.17 Å². The van der Waals surface area contributed by atoms with Crippen molar-refractivity contribution in [2.24, 2.45) is 4.99 Å². The number of furan rings is 1. The Morgan fingerprint density at radius 2 is 2.05 bits per heavy atom. The molecule has 1 atom stereocenters. The summed E-state index contributed by atoms with van der Waals surface area (Å²) in [6, 6.07) is 14.4. The van der Waals surface area contributed by atoms with E-state index in [0.717, 1.165) is 43.8 Å². The molecule has 0 bridgehead atoms. The Hall–Kier alpha value is -1.21. The summed E-state index contributed by atoms with van der Waals surface area (Å²) in [7, 11) is 0. The number of amidine groups is 1. The van der Waals surface area contributed by atoms with Crippen molar-refractivity contribution in [2.45, 2.75) is 5.25 Å². The molecule has 5 heteroatoms. The summed E-state index contributed by atoms with van der Waals surface area (Å²) in [6.45, 7) is 0.906. The van der Waals surface area contributed by atoms with Crippen LogP contribution in [0.25, 0.3) is 21.9 Å². The fourth-order valence-corrected chi connectivity index (χ4v) is 4.17. The van der Waals surface area contributed by atoms with E-state index in [9.17, 15) is 0 Å². The highest BCUT2D eigenvalue weighted by Crippen LogP contribution is 2.31. The number of rotatable bonds is 2. The van der Waals surface area contributed by atoms with E-state index in [1.54, 1.807) is 0 Å². The fourth-order valence-electron chi connectivity index (χ4n) is 2.49. The molecule has 4 rings (SSSR count). The maximum atomic E-state index is 5.91. The Labute approximate surface area is 140 Å². The zero-order chi connectivity index (χ0) is 14.2. The van der Waals surface area contributed by atoms with Gasteiger partial charge in [-0.25, -0.2) is 0 Å². The molecule has 106 valence electrons. The largest absolute Gasteiger partial charge is 0.456 e. The maximum absolute atomic E-state index is 5.91. The lowest BCUT2D eigenvalue weighted by Gasteiger charge is -2.06. The molecule has 1 aliphatic heterocycles. The van der Waals surface area contributed by atoms with Crippen molar-refractivity contribution in [1.29, 1.82) is 0 Å². The SMILES string of the molecule is IC[C@@H]1CN=C(Nc2ccc3c(c2)oc2ccccc23)S1. The average molecular weight is 408 g/mol. The van der Waals surface area contributed by atoms with Gasteiger partial charge in [0.05, 0.1) is 6.54 Å². The van der Waals surface area contributed by atoms with Crippen molar-refractivity contribution in [3.63, 3.8) is 0 Å². The molecular formula is C16H13IN2OS. The topological polar surface area (TPSA) is 37.5 Å². The van der Waals surface area contributed by atoms with Gasteiger partial charge in [0.25, 0.3) is 0 Å². The lowest BCUT2D eigenvalue weighted by atomic mass is 10.1. The number of alkyl halides is 1. The summed E-state index contributed by atoms with van der Waals surface area (Å²) in [5, 5.41) is 7.32. The van der Waals surface area contributed by atoms with Crippen molar-refractivity contribution in [3.05, 3.63) is 42.5 Å². The third-order valence-corrected chi connectivity index (χ3v) is 6.28. The zero-order valence-electron chi connectivity index (χ0n) is 11.2. The van der Waals surface area contributed by atoms with Gasteiger partial charge in [0.1, 0.15) is 11.2 Å². The zero-order valence-corrected chi connectivity index (χ0v) is 14.1. The first-order valence-electron chi connectivity index (χ1n) is 6.79. The summed E-state index contributed by atoms with van der Waals surface area (Å²) in [5.41, 5.74) is 2.87. The fraction of sp³-hybridized carbons (Fsp3) is 0.188. The maximum Gasteiger partial charge on any atom is 0.161 e. The Kier molecular flexibility index (Phi) is 3.54. The number of fused-ring (bicyclic) bond motifs is 3. The molecular weight excluding hydrogens is 395 g/mol. The number of hydrogen-bond donors (Lipinski definition) is 1. The molecule has 1 aromatic heterocycles. The third kappa shape index (κ3) is 2.53. The molecule has 0 aliphatic carbocycles. The molecule has 1 aliphatic rings. The second-order valence-corrected chi connectivity index (χ2v) is 7.14. The quantitative estimate of drug-likeness (QED) is 0.484. The van der Waals surface area contributed by atoms with Crippen molar-refractivity contribution in [3.8, 4) is 0 Å². The van der Waals surface area contributed by atoms with Gasteiger partial charge in [0.2, 0.25) is 0 Å². The lowest BCUT2D eigenvalue weighted by molar-refractivity contribution is 0.669. The molecule has 0 saturated carbocycles. The van der Waals surface area contributed by atoms with Crippen LogP contribution in [-0.4, -0.2) is 21.4 Å². The summed E-state index contributed by atoms with van der Waals surface area (Å²) in [4.78, 5) is 4.54. The number of thioether (sulfide) groups is 1. The van der Waals surface area contributed by atoms with Crippen molar-refractivity contribution < 1.29 is 4.42 Å². The van der Waals surface area contributed by atoms with E-state index in [1.807, 2.05) is 30.0 Å². The molecule has 3 aromatic rings. The molecule has 0 unspecified atom stereocenters. The number of halogens is 1. The van der Waals surface area contributed by atoms with Crippen LogP contribution in [-0.2, 0) is 0 Å². The Morgan fingerprint density at radius 1 is 1.19 bits per heavy atom. The van der Waals surface area contributed by atoms with Crippen LogP contribution in [0, 0.1) is 0 Å². The Bertz CT molecular complexity index is 843. The van der Waals surface area contributed by atoms with Gasteiger partial charge in [-0.05, 0) is 18.2 Å². The van der Waals surface area contributed by atoms with E-state index >= 15 is 0 Å². The van der Waals surface area contributed by atoms with Gasteiger partial charge < -0.3 is 9.73 Å². The molecule has 0 amide bonds. The van der Waals surface area contributed by atoms with E-state index < -0.39 is 0 Å². The highest BCUT2D eigenvalue weighted by atomic mass is 127.